The molecule has 1 heterocycles. The molecular formula is C23H19ClN2O3S. The van der Waals surface area contributed by atoms with Gasteiger partial charge >= 0.3 is 5.97 Å². The molecule has 5 nitrogen and oxygen atoms in total. The summed E-state index contributed by atoms with van der Waals surface area (Å²) in [5, 5.41) is 2.70. The molecule has 152 valence electrons. The molecule has 0 saturated carbocycles. The molecule has 1 aromatic heterocycles. The Hall–Kier alpha value is -2.96. The molecule has 0 radical (unpaired) electrons. The number of carbonyl (C=O) groups is 2. The van der Waals surface area contributed by atoms with E-state index >= 15 is 0 Å². The first-order chi connectivity index (χ1) is 14.5. The molecule has 1 amide bonds. The standard InChI is InChI=1S/C23H19ClN2O3S/c1-14-18(24)10-11-19-22(14)26(13-21(28)29-2)23(30-19)25-20(27)12-16-8-5-7-15-6-3-4-9-17(15)16/h3-11H,12-13H2,1-2H3. The van der Waals surface area contributed by atoms with Crippen LogP contribution < -0.4 is 4.80 Å². The minimum atomic E-state index is -0.419. The molecule has 7 heteroatoms. The van der Waals surface area contributed by atoms with Crippen molar-refractivity contribution in [3.05, 3.63) is 75.5 Å². The number of aromatic nitrogens is 1. The number of rotatable bonds is 4. The van der Waals surface area contributed by atoms with E-state index in [2.05, 4.69) is 4.99 Å². The molecular weight excluding hydrogens is 420 g/mol. The van der Waals surface area contributed by atoms with Crippen LogP contribution in [0.3, 0.4) is 0 Å². The van der Waals surface area contributed by atoms with Gasteiger partial charge in [0.25, 0.3) is 5.91 Å². The number of nitrogens with zero attached hydrogens (tertiary/aromatic N) is 2. The van der Waals surface area contributed by atoms with Gasteiger partial charge in [0.1, 0.15) is 6.54 Å². The number of amides is 1. The Morgan fingerprint density at radius 1 is 1.10 bits per heavy atom. The minimum absolute atomic E-state index is 0.0436. The van der Waals surface area contributed by atoms with Crippen molar-refractivity contribution in [2.45, 2.75) is 19.9 Å². The van der Waals surface area contributed by atoms with Crippen LogP contribution in [0.5, 0.6) is 0 Å². The molecule has 4 aromatic rings. The molecule has 0 spiro atoms. The average molecular weight is 439 g/mol. The Morgan fingerprint density at radius 2 is 1.87 bits per heavy atom. The monoisotopic (exact) mass is 438 g/mol. The summed E-state index contributed by atoms with van der Waals surface area (Å²) >= 11 is 7.64. The van der Waals surface area contributed by atoms with Crippen LogP contribution in [-0.4, -0.2) is 23.6 Å². The first-order valence-corrected chi connectivity index (χ1v) is 10.6. The molecule has 30 heavy (non-hydrogen) atoms. The highest BCUT2D eigenvalue weighted by Gasteiger charge is 2.15. The highest BCUT2D eigenvalue weighted by molar-refractivity contribution is 7.16. The number of hydrogen-bond acceptors (Lipinski definition) is 4. The van der Waals surface area contributed by atoms with Gasteiger partial charge in [-0.05, 0) is 41.0 Å². The summed E-state index contributed by atoms with van der Waals surface area (Å²) in [5.74, 6) is -0.697. The lowest BCUT2D eigenvalue weighted by atomic mass is 10.0. The van der Waals surface area contributed by atoms with Crippen molar-refractivity contribution in [2.75, 3.05) is 7.11 Å². The quantitative estimate of drug-likeness (QED) is 0.435. The molecule has 0 fully saturated rings. The zero-order valence-corrected chi connectivity index (χ0v) is 18.1. The minimum Gasteiger partial charge on any atom is -0.468 e. The number of benzene rings is 3. The third-order valence-corrected chi connectivity index (χ3v) is 6.44. The van der Waals surface area contributed by atoms with E-state index in [1.165, 1.54) is 18.4 Å². The van der Waals surface area contributed by atoms with Crippen molar-refractivity contribution in [2.24, 2.45) is 4.99 Å². The number of carbonyl (C=O) groups excluding carboxylic acids is 2. The molecule has 0 aliphatic heterocycles. The van der Waals surface area contributed by atoms with Gasteiger partial charge in [-0.1, -0.05) is 65.4 Å². The van der Waals surface area contributed by atoms with Crippen LogP contribution in [0.25, 0.3) is 21.0 Å². The van der Waals surface area contributed by atoms with Crippen molar-refractivity contribution >= 4 is 55.8 Å². The zero-order valence-electron chi connectivity index (χ0n) is 16.5. The van der Waals surface area contributed by atoms with E-state index in [4.69, 9.17) is 16.3 Å². The molecule has 4 rings (SSSR count). The molecule has 0 unspecified atom stereocenters. The van der Waals surface area contributed by atoms with Crippen LogP contribution in [0.1, 0.15) is 11.1 Å². The maximum Gasteiger partial charge on any atom is 0.325 e. The highest BCUT2D eigenvalue weighted by Crippen LogP contribution is 2.27. The summed E-state index contributed by atoms with van der Waals surface area (Å²) < 4.78 is 7.43. The number of aryl methyl sites for hydroxylation is 1. The van der Waals surface area contributed by atoms with E-state index in [0.717, 1.165) is 32.1 Å². The van der Waals surface area contributed by atoms with Crippen LogP contribution in [-0.2, 0) is 27.3 Å². The van der Waals surface area contributed by atoms with Gasteiger partial charge in [-0.15, -0.1) is 0 Å². The number of ether oxygens (including phenoxy) is 1. The fraction of sp³-hybridized carbons (Fsp3) is 0.174. The fourth-order valence-electron chi connectivity index (χ4n) is 3.50. The third-order valence-electron chi connectivity index (χ3n) is 4.99. The summed E-state index contributed by atoms with van der Waals surface area (Å²) in [7, 11) is 1.33. The van der Waals surface area contributed by atoms with Gasteiger partial charge in [-0.2, -0.15) is 4.99 Å². The predicted octanol–water partition coefficient (Wildman–Crippen LogP) is 4.66. The van der Waals surface area contributed by atoms with Gasteiger partial charge in [0, 0.05) is 5.02 Å². The Kier molecular flexibility index (Phi) is 5.70. The smallest absolute Gasteiger partial charge is 0.325 e. The maximum atomic E-state index is 12.8. The Morgan fingerprint density at radius 3 is 2.67 bits per heavy atom. The SMILES string of the molecule is COC(=O)Cn1c(=NC(=O)Cc2cccc3ccccc23)sc2ccc(Cl)c(C)c21. The summed E-state index contributed by atoms with van der Waals surface area (Å²) in [6.07, 6.45) is 0.174. The summed E-state index contributed by atoms with van der Waals surface area (Å²) in [5.41, 5.74) is 2.54. The van der Waals surface area contributed by atoms with E-state index in [1.807, 2.05) is 55.5 Å². The lowest BCUT2D eigenvalue weighted by Crippen LogP contribution is -2.23. The number of halogens is 1. The van der Waals surface area contributed by atoms with Crippen molar-refractivity contribution in [1.29, 1.82) is 0 Å². The van der Waals surface area contributed by atoms with Crippen LogP contribution in [0.2, 0.25) is 5.02 Å². The molecule has 0 N–H and O–H groups in total. The second-order valence-electron chi connectivity index (χ2n) is 6.89. The second kappa shape index (κ2) is 8.42. The van der Waals surface area contributed by atoms with Gasteiger partial charge in [0.15, 0.2) is 4.80 Å². The molecule has 0 saturated heterocycles. The van der Waals surface area contributed by atoms with Crippen molar-refractivity contribution < 1.29 is 14.3 Å². The van der Waals surface area contributed by atoms with Gasteiger partial charge in [-0.3, -0.25) is 9.59 Å². The van der Waals surface area contributed by atoms with E-state index in [1.54, 1.807) is 10.6 Å². The number of fused-ring (bicyclic) bond motifs is 2. The molecule has 3 aromatic carbocycles. The highest BCUT2D eigenvalue weighted by atomic mass is 35.5. The van der Waals surface area contributed by atoms with Gasteiger partial charge in [0.05, 0.1) is 23.7 Å². The molecule has 0 aliphatic rings. The summed E-state index contributed by atoms with van der Waals surface area (Å²) in [6.45, 7) is 1.84. The Bertz CT molecular complexity index is 1350. The topological polar surface area (TPSA) is 60.7 Å². The van der Waals surface area contributed by atoms with Crippen molar-refractivity contribution in [3.8, 4) is 0 Å². The van der Waals surface area contributed by atoms with Gasteiger partial charge < -0.3 is 9.30 Å². The lowest BCUT2D eigenvalue weighted by molar-refractivity contribution is -0.141. The summed E-state index contributed by atoms with van der Waals surface area (Å²) in [6, 6.07) is 17.5. The number of esters is 1. The molecule has 0 bridgehead atoms. The number of thiazole rings is 1. The normalized spacial score (nSPS) is 11.9. The van der Waals surface area contributed by atoms with E-state index < -0.39 is 5.97 Å². The first kappa shape index (κ1) is 20.3. The third kappa shape index (κ3) is 3.88. The van der Waals surface area contributed by atoms with Crippen molar-refractivity contribution in [1.82, 2.24) is 4.57 Å². The fourth-order valence-corrected chi connectivity index (χ4v) is 4.76. The van der Waals surface area contributed by atoms with E-state index in [0.29, 0.717) is 9.82 Å². The first-order valence-electron chi connectivity index (χ1n) is 9.37. The van der Waals surface area contributed by atoms with Gasteiger partial charge in [-0.25, -0.2) is 0 Å². The largest absolute Gasteiger partial charge is 0.468 e. The Labute approximate surface area is 182 Å². The van der Waals surface area contributed by atoms with Crippen LogP contribution in [0.4, 0.5) is 0 Å². The maximum absolute atomic E-state index is 12.8. The molecule has 0 atom stereocenters. The zero-order chi connectivity index (χ0) is 21.3. The second-order valence-corrected chi connectivity index (χ2v) is 8.30. The molecule has 0 aliphatic carbocycles. The lowest BCUT2D eigenvalue weighted by Gasteiger charge is -2.07. The van der Waals surface area contributed by atoms with Crippen LogP contribution in [0.15, 0.2) is 59.6 Å². The van der Waals surface area contributed by atoms with E-state index in [9.17, 15) is 9.59 Å². The average Bonchev–Trinajstić information content (AvgIpc) is 3.08. The number of methoxy groups -OCH3 is 1. The Balaban J connectivity index is 1.79. The summed E-state index contributed by atoms with van der Waals surface area (Å²) in [4.78, 5) is 29.6. The van der Waals surface area contributed by atoms with Crippen LogP contribution in [0, 0.1) is 6.92 Å². The predicted molar refractivity (Wildman–Crippen MR) is 120 cm³/mol. The van der Waals surface area contributed by atoms with E-state index in [-0.39, 0.29) is 18.9 Å². The van der Waals surface area contributed by atoms with Crippen molar-refractivity contribution in [3.63, 3.8) is 0 Å². The van der Waals surface area contributed by atoms with Crippen LogP contribution >= 0.6 is 22.9 Å². The van der Waals surface area contributed by atoms with Gasteiger partial charge in [0.2, 0.25) is 0 Å². The number of hydrogen-bond donors (Lipinski definition) is 0.